The highest BCUT2D eigenvalue weighted by Gasteiger charge is 2.63. The van der Waals surface area contributed by atoms with Crippen molar-refractivity contribution in [1.82, 2.24) is 10.2 Å². The Balaban J connectivity index is 1.65. The number of primary amides is 1. The molecule has 11 heteroatoms. The molecule has 216 valence electrons. The van der Waals surface area contributed by atoms with E-state index in [9.17, 15) is 34.8 Å². The number of hydrogen-bond acceptors (Lipinski definition) is 10. The van der Waals surface area contributed by atoms with Gasteiger partial charge in [0.1, 0.15) is 22.8 Å². The van der Waals surface area contributed by atoms with E-state index < -0.39 is 58.0 Å². The first-order valence-corrected chi connectivity index (χ1v) is 13.7. The van der Waals surface area contributed by atoms with Crippen molar-refractivity contribution in [2.24, 2.45) is 17.6 Å². The molecule has 4 aliphatic rings. The number of likely N-dealkylation sites (N-methyl/N-ethyl adjacent to an activating group) is 1. The molecule has 5 rings (SSSR count). The summed E-state index contributed by atoms with van der Waals surface area (Å²) in [5.74, 6) is -6.44. The van der Waals surface area contributed by atoms with Crippen LogP contribution in [-0.2, 0) is 22.6 Å². The summed E-state index contributed by atoms with van der Waals surface area (Å²) in [6.45, 7) is 0.355. The van der Waals surface area contributed by atoms with E-state index in [0.29, 0.717) is 23.7 Å². The highest BCUT2D eigenvalue weighted by atomic mass is 16.3. The molecule has 4 unspecified atom stereocenters. The zero-order chi connectivity index (χ0) is 29.3. The fraction of sp³-hybridized carbons (Fsp3) is 0.552. The third-order valence-corrected chi connectivity index (χ3v) is 9.20. The van der Waals surface area contributed by atoms with Gasteiger partial charge in [0.2, 0.25) is 5.78 Å². The molecule has 0 spiro atoms. The van der Waals surface area contributed by atoms with Gasteiger partial charge < -0.3 is 36.4 Å². The summed E-state index contributed by atoms with van der Waals surface area (Å²) < 4.78 is 0. The average Bonchev–Trinajstić information content (AvgIpc) is 3.39. The first-order valence-electron chi connectivity index (χ1n) is 13.7. The molecule has 1 aromatic carbocycles. The number of phenols is 1. The minimum Gasteiger partial charge on any atom is -0.510 e. The van der Waals surface area contributed by atoms with Gasteiger partial charge in [0, 0.05) is 49.4 Å². The number of phenolic OH excluding ortho intramolecular Hbond substituents is 1. The SMILES string of the molecule is CN(C)c1cc(CNC2CCCC2)c(O)c2c1CC1CC3C(N(C)C)C(O)=C(C(N)=O)C(=O)C3(O)C(O)=C1C2=O. The van der Waals surface area contributed by atoms with Crippen molar-refractivity contribution in [3.8, 4) is 5.75 Å². The molecule has 0 radical (unpaired) electrons. The summed E-state index contributed by atoms with van der Waals surface area (Å²) >= 11 is 0. The minimum absolute atomic E-state index is 0.0372. The second-order valence-corrected chi connectivity index (χ2v) is 12.0. The van der Waals surface area contributed by atoms with Crippen LogP contribution < -0.4 is 16.0 Å². The fourth-order valence-corrected chi connectivity index (χ4v) is 7.27. The molecule has 7 N–H and O–H groups in total. The molecule has 0 saturated heterocycles. The minimum atomic E-state index is -2.65. The quantitative estimate of drug-likeness (QED) is 0.280. The van der Waals surface area contributed by atoms with E-state index in [1.807, 2.05) is 25.1 Å². The standard InChI is InChI=1S/C29H38N4O7/c1-32(2)18-11-14(12-31-15-7-5-6-8-15)23(34)20-16(18)9-13-10-17-22(33(3)4)25(36)21(28(30)39)27(38)29(17,40)26(37)19(13)24(20)35/h11,13,15,17,22,31,34,36-37,40H,5-10,12H2,1-4H3,(H2,30,39). The largest absolute Gasteiger partial charge is 0.510 e. The molecule has 11 nitrogen and oxygen atoms in total. The molecule has 0 aromatic heterocycles. The highest BCUT2D eigenvalue weighted by Crippen LogP contribution is 2.53. The van der Waals surface area contributed by atoms with E-state index in [2.05, 4.69) is 5.32 Å². The number of aliphatic hydroxyl groups is 3. The third kappa shape index (κ3) is 4.02. The van der Waals surface area contributed by atoms with E-state index in [4.69, 9.17) is 5.73 Å². The van der Waals surface area contributed by atoms with Gasteiger partial charge in [-0.1, -0.05) is 12.8 Å². The van der Waals surface area contributed by atoms with Gasteiger partial charge in [-0.25, -0.2) is 0 Å². The Kier molecular flexibility index (Phi) is 6.96. The van der Waals surface area contributed by atoms with E-state index in [0.717, 1.165) is 31.4 Å². The van der Waals surface area contributed by atoms with Crippen molar-refractivity contribution < 1.29 is 34.8 Å². The van der Waals surface area contributed by atoms with Crippen LogP contribution in [0.15, 0.2) is 28.7 Å². The number of aliphatic hydroxyl groups excluding tert-OH is 2. The van der Waals surface area contributed by atoms with Gasteiger partial charge in [-0.05, 0) is 57.3 Å². The molecule has 0 heterocycles. The van der Waals surface area contributed by atoms with E-state index in [1.54, 1.807) is 14.1 Å². The number of carbonyl (C=O) groups excluding carboxylic acids is 3. The van der Waals surface area contributed by atoms with Crippen LogP contribution in [0.3, 0.4) is 0 Å². The van der Waals surface area contributed by atoms with Gasteiger partial charge >= 0.3 is 0 Å². The lowest BCUT2D eigenvalue weighted by atomic mass is 9.58. The van der Waals surface area contributed by atoms with Crippen LogP contribution in [0.1, 0.15) is 53.6 Å². The molecule has 40 heavy (non-hydrogen) atoms. The normalized spacial score (nSPS) is 28.6. The fourth-order valence-electron chi connectivity index (χ4n) is 7.27. The number of amides is 1. The van der Waals surface area contributed by atoms with Crippen molar-refractivity contribution in [3.05, 3.63) is 45.4 Å². The van der Waals surface area contributed by atoms with Crippen LogP contribution in [0.5, 0.6) is 5.75 Å². The van der Waals surface area contributed by atoms with E-state index in [1.165, 1.54) is 4.90 Å². The molecule has 0 aliphatic heterocycles. The Morgan fingerprint density at radius 2 is 1.77 bits per heavy atom. The predicted octanol–water partition coefficient (Wildman–Crippen LogP) is 1.22. The third-order valence-electron chi connectivity index (χ3n) is 9.20. The second kappa shape index (κ2) is 9.90. The van der Waals surface area contributed by atoms with Crippen LogP contribution >= 0.6 is 0 Å². The predicted molar refractivity (Wildman–Crippen MR) is 147 cm³/mol. The molecule has 1 aromatic rings. The second-order valence-electron chi connectivity index (χ2n) is 12.0. The number of aromatic hydroxyl groups is 1. The Hall–Kier alpha value is -3.41. The number of ketones is 2. The van der Waals surface area contributed by atoms with E-state index in [-0.39, 0.29) is 29.7 Å². The van der Waals surface area contributed by atoms with Crippen LogP contribution in [0.2, 0.25) is 0 Å². The van der Waals surface area contributed by atoms with Gasteiger partial charge in [0.15, 0.2) is 11.4 Å². The number of nitrogens with zero attached hydrogens (tertiary/aromatic N) is 2. The van der Waals surface area contributed by atoms with Crippen LogP contribution in [0.4, 0.5) is 5.69 Å². The number of anilines is 1. The lowest BCUT2D eigenvalue weighted by Gasteiger charge is -2.50. The van der Waals surface area contributed by atoms with Gasteiger partial charge in [-0.3, -0.25) is 19.3 Å². The molecular weight excluding hydrogens is 516 g/mol. The van der Waals surface area contributed by atoms with Crippen molar-refractivity contribution in [2.45, 2.75) is 62.8 Å². The Morgan fingerprint density at radius 1 is 1.12 bits per heavy atom. The number of fused-ring (bicyclic) bond motifs is 3. The van der Waals surface area contributed by atoms with Crippen molar-refractivity contribution in [3.63, 3.8) is 0 Å². The van der Waals surface area contributed by atoms with Crippen LogP contribution in [-0.4, -0.2) is 88.7 Å². The maximum absolute atomic E-state index is 14.1. The summed E-state index contributed by atoms with van der Waals surface area (Å²) in [6.07, 6.45) is 4.70. The molecular formula is C29H38N4O7. The van der Waals surface area contributed by atoms with Crippen LogP contribution in [0, 0.1) is 11.8 Å². The summed E-state index contributed by atoms with van der Waals surface area (Å²) in [7, 11) is 6.92. The number of Topliss-reactive ketones (excluding diaryl/α,β-unsaturated/α-hetero) is 2. The number of hydrogen-bond donors (Lipinski definition) is 6. The summed E-state index contributed by atoms with van der Waals surface area (Å²) in [4.78, 5) is 43.1. The number of nitrogens with two attached hydrogens (primary N) is 1. The lowest BCUT2D eigenvalue weighted by Crippen LogP contribution is -2.63. The van der Waals surface area contributed by atoms with Crippen molar-refractivity contribution in [2.75, 3.05) is 33.1 Å². The average molecular weight is 555 g/mol. The zero-order valence-electron chi connectivity index (χ0n) is 23.3. The number of benzene rings is 1. The number of carbonyl (C=O) groups is 3. The van der Waals surface area contributed by atoms with Gasteiger partial charge in [-0.15, -0.1) is 0 Å². The lowest BCUT2D eigenvalue weighted by molar-refractivity contribution is -0.148. The molecule has 0 bridgehead atoms. The maximum atomic E-state index is 14.1. The van der Waals surface area contributed by atoms with Crippen molar-refractivity contribution >= 4 is 23.2 Å². The Labute approximate surface area is 232 Å². The maximum Gasteiger partial charge on any atom is 0.255 e. The first kappa shape index (κ1) is 28.1. The first-order chi connectivity index (χ1) is 18.8. The molecule has 4 atom stereocenters. The van der Waals surface area contributed by atoms with Gasteiger partial charge in [0.05, 0.1) is 11.6 Å². The molecule has 1 fully saturated rings. The summed E-state index contributed by atoms with van der Waals surface area (Å²) in [5, 5.41) is 49.0. The zero-order valence-corrected chi connectivity index (χ0v) is 23.3. The monoisotopic (exact) mass is 554 g/mol. The summed E-state index contributed by atoms with van der Waals surface area (Å²) in [5.41, 5.74) is 3.74. The van der Waals surface area contributed by atoms with E-state index >= 15 is 0 Å². The molecule has 1 saturated carbocycles. The number of allylic oxidation sites excluding steroid dienone is 1. The van der Waals surface area contributed by atoms with Gasteiger partial charge in [0.25, 0.3) is 5.91 Å². The van der Waals surface area contributed by atoms with Crippen LogP contribution in [0.25, 0.3) is 0 Å². The summed E-state index contributed by atoms with van der Waals surface area (Å²) in [6, 6.07) is 1.19. The van der Waals surface area contributed by atoms with Gasteiger partial charge in [-0.2, -0.15) is 0 Å². The molecule has 4 aliphatic carbocycles. The molecule has 1 amide bonds. The highest BCUT2D eigenvalue weighted by molar-refractivity contribution is 6.24. The smallest absolute Gasteiger partial charge is 0.255 e. The number of nitrogens with one attached hydrogen (secondary N) is 1. The Bertz CT molecular complexity index is 1360. The van der Waals surface area contributed by atoms with Crippen molar-refractivity contribution in [1.29, 1.82) is 0 Å². The Morgan fingerprint density at radius 3 is 2.35 bits per heavy atom. The number of rotatable bonds is 6. The topological polar surface area (TPSA) is 177 Å².